The van der Waals surface area contributed by atoms with Gasteiger partial charge in [0, 0.05) is 31.4 Å². The Morgan fingerprint density at radius 2 is 2.07 bits per heavy atom. The first kappa shape index (κ1) is 19.5. The van der Waals surface area contributed by atoms with Gasteiger partial charge in [-0.25, -0.2) is 4.98 Å². The lowest BCUT2D eigenvalue weighted by atomic mass is 9.86. The van der Waals surface area contributed by atoms with Gasteiger partial charge in [-0.15, -0.1) is 0 Å². The number of nitrogens with zero attached hydrogens (tertiary/aromatic N) is 2. The van der Waals surface area contributed by atoms with E-state index in [1.54, 1.807) is 13.3 Å². The van der Waals surface area contributed by atoms with E-state index < -0.39 is 0 Å². The van der Waals surface area contributed by atoms with E-state index in [0.717, 1.165) is 35.9 Å². The van der Waals surface area contributed by atoms with E-state index in [4.69, 9.17) is 4.74 Å². The molecule has 5 heteroatoms. The molecule has 1 fully saturated rings. The molecule has 5 nitrogen and oxygen atoms in total. The van der Waals surface area contributed by atoms with E-state index in [0.29, 0.717) is 6.42 Å². The fourth-order valence-electron chi connectivity index (χ4n) is 4.10. The average molecular weight is 370 g/mol. The largest absolute Gasteiger partial charge is 0.496 e. The van der Waals surface area contributed by atoms with Crippen LogP contribution in [0.15, 0.2) is 36.7 Å². The second-order valence-electron chi connectivity index (χ2n) is 7.54. The molecule has 1 unspecified atom stereocenters. The maximum absolute atomic E-state index is 12.7. The van der Waals surface area contributed by atoms with Gasteiger partial charge in [0.05, 0.1) is 7.11 Å². The topological polar surface area (TPSA) is 56.1 Å². The first-order valence-electron chi connectivity index (χ1n) is 10.1. The number of para-hydroxylation sites is 1. The Morgan fingerprint density at radius 1 is 1.30 bits per heavy atom. The summed E-state index contributed by atoms with van der Waals surface area (Å²) in [5.41, 5.74) is 0.926. The summed E-state index contributed by atoms with van der Waals surface area (Å²) >= 11 is 0. The fourth-order valence-corrected chi connectivity index (χ4v) is 4.10. The number of rotatable bonds is 8. The third-order valence-corrected chi connectivity index (χ3v) is 5.61. The molecule has 2 aromatic rings. The Bertz CT molecular complexity index is 735. The van der Waals surface area contributed by atoms with Crippen molar-refractivity contribution >= 4 is 5.91 Å². The Balaban J connectivity index is 1.66. The number of hydrogen-bond acceptors (Lipinski definition) is 3. The summed E-state index contributed by atoms with van der Waals surface area (Å²) in [6, 6.07) is 7.48. The van der Waals surface area contributed by atoms with Crippen LogP contribution < -0.4 is 10.1 Å². The normalized spacial score (nSPS) is 16.1. The van der Waals surface area contributed by atoms with Gasteiger partial charge in [0.25, 0.3) is 0 Å². The molecule has 0 aliphatic heterocycles. The van der Waals surface area contributed by atoms with Crippen LogP contribution in [0.2, 0.25) is 0 Å². The Labute approximate surface area is 162 Å². The molecule has 0 saturated heterocycles. The second kappa shape index (κ2) is 9.58. The molecule has 1 aromatic heterocycles. The molecule has 27 heavy (non-hydrogen) atoms. The minimum Gasteiger partial charge on any atom is -0.496 e. The van der Waals surface area contributed by atoms with Crippen molar-refractivity contribution < 1.29 is 9.53 Å². The summed E-state index contributed by atoms with van der Waals surface area (Å²) in [5.74, 6) is 2.45. The third kappa shape index (κ3) is 5.12. The van der Waals surface area contributed by atoms with Crippen molar-refractivity contribution in [3.05, 3.63) is 48.0 Å². The highest BCUT2D eigenvalue weighted by molar-refractivity contribution is 5.77. The molecule has 146 valence electrons. The molecule has 1 amide bonds. The summed E-state index contributed by atoms with van der Waals surface area (Å²) in [4.78, 5) is 17.2. The monoisotopic (exact) mass is 369 g/mol. The molecule has 0 bridgehead atoms. The average Bonchev–Trinajstić information content (AvgIpc) is 3.12. The lowest BCUT2D eigenvalue weighted by Crippen LogP contribution is -2.31. The number of carbonyl (C=O) groups excluding carboxylic acids is 1. The summed E-state index contributed by atoms with van der Waals surface area (Å²) in [6.07, 6.45) is 13.1. The molecular formula is C22H31N3O2. The van der Waals surface area contributed by atoms with Crippen LogP contribution >= 0.6 is 0 Å². The fraction of sp³-hybridized carbons (Fsp3) is 0.545. The highest BCUT2D eigenvalue weighted by atomic mass is 16.5. The van der Waals surface area contributed by atoms with Crippen LogP contribution in [-0.4, -0.2) is 22.6 Å². The van der Waals surface area contributed by atoms with Gasteiger partial charge in [-0.2, -0.15) is 0 Å². The van der Waals surface area contributed by atoms with E-state index in [1.165, 1.54) is 32.1 Å². The Hall–Kier alpha value is -2.30. The smallest absolute Gasteiger partial charge is 0.220 e. The number of methoxy groups -OCH3 is 1. The van der Waals surface area contributed by atoms with Crippen LogP contribution in [0.5, 0.6) is 5.75 Å². The van der Waals surface area contributed by atoms with E-state index in [9.17, 15) is 4.79 Å². The molecule has 0 spiro atoms. The summed E-state index contributed by atoms with van der Waals surface area (Å²) in [5, 5.41) is 3.19. The Kier molecular flexibility index (Phi) is 6.91. The van der Waals surface area contributed by atoms with E-state index in [1.807, 2.05) is 42.1 Å². The number of carbonyl (C=O) groups is 1. The van der Waals surface area contributed by atoms with Crippen LogP contribution in [0.1, 0.15) is 68.8 Å². The summed E-state index contributed by atoms with van der Waals surface area (Å²) in [7, 11) is 3.60. The number of aromatic nitrogens is 2. The van der Waals surface area contributed by atoms with E-state index in [-0.39, 0.29) is 11.9 Å². The number of ether oxygens (including phenoxy) is 1. The number of imidazole rings is 1. The lowest BCUT2D eigenvalue weighted by molar-refractivity contribution is -0.121. The summed E-state index contributed by atoms with van der Waals surface area (Å²) < 4.78 is 7.46. The SMILES string of the molecule is COc1ccccc1C(NC(=O)CCCC1CCCCC1)c1nccn1C. The van der Waals surface area contributed by atoms with Gasteiger partial charge in [0.1, 0.15) is 17.6 Å². The second-order valence-corrected chi connectivity index (χ2v) is 7.54. The number of benzene rings is 1. The highest BCUT2D eigenvalue weighted by Gasteiger charge is 2.24. The predicted molar refractivity (Wildman–Crippen MR) is 107 cm³/mol. The molecular weight excluding hydrogens is 338 g/mol. The van der Waals surface area contributed by atoms with Gasteiger partial charge in [-0.1, -0.05) is 50.3 Å². The minimum atomic E-state index is -0.316. The van der Waals surface area contributed by atoms with E-state index in [2.05, 4.69) is 10.3 Å². The van der Waals surface area contributed by atoms with Crippen molar-refractivity contribution in [1.29, 1.82) is 0 Å². The van der Waals surface area contributed by atoms with Crippen LogP contribution in [0, 0.1) is 5.92 Å². The van der Waals surface area contributed by atoms with Gasteiger partial charge in [0.2, 0.25) is 5.91 Å². The van der Waals surface area contributed by atoms with Gasteiger partial charge >= 0.3 is 0 Å². The number of amides is 1. The highest BCUT2D eigenvalue weighted by Crippen LogP contribution is 2.30. The third-order valence-electron chi connectivity index (χ3n) is 5.61. The van der Waals surface area contributed by atoms with Gasteiger partial charge in [-0.3, -0.25) is 4.79 Å². The van der Waals surface area contributed by atoms with Crippen LogP contribution in [-0.2, 0) is 11.8 Å². The molecule has 1 heterocycles. The zero-order chi connectivity index (χ0) is 19.1. The van der Waals surface area contributed by atoms with Gasteiger partial charge in [-0.05, 0) is 24.8 Å². The van der Waals surface area contributed by atoms with Gasteiger partial charge in [0.15, 0.2) is 0 Å². The van der Waals surface area contributed by atoms with Crippen molar-refractivity contribution in [2.24, 2.45) is 13.0 Å². The molecule has 1 aliphatic carbocycles. The minimum absolute atomic E-state index is 0.0738. The van der Waals surface area contributed by atoms with Crippen molar-refractivity contribution in [3.63, 3.8) is 0 Å². The first-order valence-corrected chi connectivity index (χ1v) is 10.1. The summed E-state index contributed by atoms with van der Waals surface area (Å²) in [6.45, 7) is 0. The van der Waals surface area contributed by atoms with Crippen LogP contribution in [0.4, 0.5) is 0 Å². The number of nitrogens with one attached hydrogen (secondary N) is 1. The number of hydrogen-bond donors (Lipinski definition) is 1. The molecule has 3 rings (SSSR count). The van der Waals surface area contributed by atoms with Crippen molar-refractivity contribution in [2.75, 3.05) is 7.11 Å². The zero-order valence-corrected chi connectivity index (χ0v) is 16.5. The predicted octanol–water partition coefficient (Wildman–Crippen LogP) is 4.38. The molecule has 1 aliphatic rings. The van der Waals surface area contributed by atoms with Crippen molar-refractivity contribution in [1.82, 2.24) is 14.9 Å². The van der Waals surface area contributed by atoms with Crippen molar-refractivity contribution in [3.8, 4) is 5.75 Å². The molecule has 1 aromatic carbocycles. The number of aryl methyl sites for hydroxylation is 1. The lowest BCUT2D eigenvalue weighted by Gasteiger charge is -2.22. The zero-order valence-electron chi connectivity index (χ0n) is 16.5. The molecule has 1 saturated carbocycles. The van der Waals surface area contributed by atoms with E-state index >= 15 is 0 Å². The maximum atomic E-state index is 12.7. The maximum Gasteiger partial charge on any atom is 0.220 e. The standard InChI is InChI=1S/C22H31N3O2/c1-25-16-15-23-22(25)21(18-12-6-7-13-19(18)27-2)24-20(26)14-8-11-17-9-4-3-5-10-17/h6-7,12-13,15-17,21H,3-5,8-11,14H2,1-2H3,(H,24,26). The van der Waals surface area contributed by atoms with Crippen molar-refractivity contribution in [2.45, 2.75) is 57.4 Å². The molecule has 1 atom stereocenters. The van der Waals surface area contributed by atoms with Crippen LogP contribution in [0.3, 0.4) is 0 Å². The first-order chi connectivity index (χ1) is 13.2. The Morgan fingerprint density at radius 3 is 2.78 bits per heavy atom. The van der Waals surface area contributed by atoms with Crippen LogP contribution in [0.25, 0.3) is 0 Å². The van der Waals surface area contributed by atoms with Gasteiger partial charge < -0.3 is 14.6 Å². The quantitative estimate of drug-likeness (QED) is 0.751. The molecule has 1 N–H and O–H groups in total. The molecule has 0 radical (unpaired) electrons.